The summed E-state index contributed by atoms with van der Waals surface area (Å²) in [6, 6.07) is 23.9. The molecule has 0 saturated heterocycles. The number of carbonyl (C=O) groups is 2. The van der Waals surface area contributed by atoms with Crippen LogP contribution in [0.25, 0.3) is 21.8 Å². The molecule has 0 bridgehead atoms. The van der Waals surface area contributed by atoms with E-state index in [1.165, 1.54) is 0 Å². The molecule has 39 heavy (non-hydrogen) atoms. The van der Waals surface area contributed by atoms with Crippen LogP contribution < -0.4 is 9.97 Å². The van der Waals surface area contributed by atoms with Crippen molar-refractivity contribution in [2.75, 3.05) is 0 Å². The molecular formula is C32H20N4NiO2. The molecule has 2 aromatic heterocycles. The van der Waals surface area contributed by atoms with Crippen molar-refractivity contribution in [3.8, 4) is 0 Å². The van der Waals surface area contributed by atoms with Crippen molar-refractivity contribution in [1.82, 2.24) is 9.97 Å². The Kier molecular flexibility index (Phi) is 7.44. The summed E-state index contributed by atoms with van der Waals surface area (Å²) in [5.74, 6) is 0. The molecule has 0 atom stereocenters. The number of hydrogen-bond donors (Lipinski definition) is 0. The first-order valence-electron chi connectivity index (χ1n) is 12.0. The molecule has 0 N–H and O–H groups in total. The Balaban J connectivity index is 0.00000308. The van der Waals surface area contributed by atoms with E-state index >= 15 is 0 Å². The number of allylic oxidation sites excluding steroid dienone is 2. The van der Waals surface area contributed by atoms with Gasteiger partial charge in [-0.1, -0.05) is 72.8 Å². The molecule has 6 rings (SSSR count). The van der Waals surface area contributed by atoms with Crippen molar-refractivity contribution < 1.29 is 26.1 Å². The van der Waals surface area contributed by atoms with Gasteiger partial charge in [-0.25, -0.2) is 0 Å². The first-order chi connectivity index (χ1) is 18.7. The third-order valence-corrected chi connectivity index (χ3v) is 6.35. The summed E-state index contributed by atoms with van der Waals surface area (Å²) in [7, 11) is 0. The number of aromatic nitrogens is 2. The van der Waals surface area contributed by atoms with Crippen LogP contribution in [-0.4, -0.2) is 12.6 Å². The van der Waals surface area contributed by atoms with Crippen LogP contribution in [-0.2, 0) is 16.5 Å². The Labute approximate surface area is 236 Å². The molecule has 190 valence electrons. The number of aldehydes is 2. The molecule has 0 spiro atoms. The van der Waals surface area contributed by atoms with Crippen LogP contribution in [0.15, 0.2) is 121 Å². The summed E-state index contributed by atoms with van der Waals surface area (Å²) in [5.41, 5.74) is 7.99. The van der Waals surface area contributed by atoms with E-state index in [-0.39, 0.29) is 16.5 Å². The molecule has 0 amide bonds. The molecule has 0 unspecified atom stereocenters. The molecule has 2 aromatic carbocycles. The number of nitrogens with zero attached hydrogens (tertiary/aromatic N) is 4. The molecule has 2 aliphatic rings. The van der Waals surface area contributed by atoms with E-state index in [1.807, 2.05) is 72.8 Å². The topological polar surface area (TPSA) is 90.5 Å². The van der Waals surface area contributed by atoms with Crippen molar-refractivity contribution in [2.45, 2.75) is 0 Å². The normalized spacial score (nSPS) is 16.4. The van der Waals surface area contributed by atoms with Crippen molar-refractivity contribution in [3.63, 3.8) is 0 Å². The average Bonchev–Trinajstić information content (AvgIpc) is 3.78. The van der Waals surface area contributed by atoms with Gasteiger partial charge in [-0.2, -0.15) is 12.4 Å². The van der Waals surface area contributed by atoms with Gasteiger partial charge in [0.25, 0.3) is 0 Å². The second-order valence-corrected chi connectivity index (χ2v) is 8.71. The standard InChI is InChI=1S/C32H20N4O2.Ni/c37-19-21-5-9-23(10-6-21)31(27-3-1-17-33-27)29-15-13-25(35-29)26-14-16-30(36-26)32(28-4-2-18-34-28)24-11-7-22(20-38)8-12-24;/h1-20H;/q-2;+2. The largest absolute Gasteiger partial charge is 2.00 e. The summed E-state index contributed by atoms with van der Waals surface area (Å²) in [6.07, 6.45) is 13.0. The van der Waals surface area contributed by atoms with Gasteiger partial charge in [-0.05, 0) is 33.7 Å². The van der Waals surface area contributed by atoms with Crippen LogP contribution in [0.3, 0.4) is 0 Å². The van der Waals surface area contributed by atoms with Gasteiger partial charge in [0.15, 0.2) is 0 Å². The van der Waals surface area contributed by atoms with Crippen LogP contribution >= 0.6 is 0 Å². The van der Waals surface area contributed by atoms with E-state index in [9.17, 15) is 9.59 Å². The van der Waals surface area contributed by atoms with Crippen molar-refractivity contribution in [3.05, 3.63) is 177 Å². The van der Waals surface area contributed by atoms with Crippen LogP contribution in [0.5, 0.6) is 0 Å². The smallest absolute Gasteiger partial charge is 0.664 e. The minimum Gasteiger partial charge on any atom is -0.664 e. The number of carbonyl (C=O) groups excluding carboxylic acids is 2. The third-order valence-electron chi connectivity index (χ3n) is 6.35. The summed E-state index contributed by atoms with van der Waals surface area (Å²) < 4.78 is 0. The van der Waals surface area contributed by atoms with Crippen LogP contribution in [0.4, 0.5) is 0 Å². The summed E-state index contributed by atoms with van der Waals surface area (Å²) in [4.78, 5) is 31.3. The van der Waals surface area contributed by atoms with Crippen molar-refractivity contribution in [2.24, 2.45) is 0 Å². The Morgan fingerprint density at radius 1 is 0.590 bits per heavy atom. The van der Waals surface area contributed by atoms with E-state index in [2.05, 4.69) is 9.97 Å². The van der Waals surface area contributed by atoms with E-state index in [0.29, 0.717) is 11.1 Å². The van der Waals surface area contributed by atoms with E-state index in [4.69, 9.17) is 10.6 Å². The van der Waals surface area contributed by atoms with E-state index < -0.39 is 0 Å². The van der Waals surface area contributed by atoms with Crippen molar-refractivity contribution in [1.29, 1.82) is 0 Å². The molecule has 2 aliphatic heterocycles. The molecule has 0 fully saturated rings. The van der Waals surface area contributed by atoms with Crippen LogP contribution in [0, 0.1) is 12.1 Å². The predicted octanol–water partition coefficient (Wildman–Crippen LogP) is 6.39. The average molecular weight is 551 g/mol. The van der Waals surface area contributed by atoms with Gasteiger partial charge >= 0.3 is 16.5 Å². The first-order valence-corrected chi connectivity index (χ1v) is 12.0. The van der Waals surface area contributed by atoms with Gasteiger partial charge in [0.1, 0.15) is 24.7 Å². The Morgan fingerprint density at radius 3 is 1.33 bits per heavy atom. The maximum Gasteiger partial charge on any atom is 2.00 e. The Bertz CT molecular complexity index is 1460. The minimum absolute atomic E-state index is 0. The van der Waals surface area contributed by atoms with Gasteiger partial charge in [0.05, 0.1) is 24.2 Å². The molecule has 7 heteroatoms. The summed E-state index contributed by atoms with van der Waals surface area (Å²) in [5, 5.41) is 9.83. The second kappa shape index (κ2) is 11.3. The predicted molar refractivity (Wildman–Crippen MR) is 147 cm³/mol. The van der Waals surface area contributed by atoms with Crippen LogP contribution in [0.2, 0.25) is 0 Å². The van der Waals surface area contributed by atoms with Gasteiger partial charge in [-0.15, -0.1) is 11.4 Å². The zero-order valence-electron chi connectivity index (χ0n) is 20.5. The van der Waals surface area contributed by atoms with Gasteiger partial charge in [-0.3, -0.25) is 9.59 Å². The summed E-state index contributed by atoms with van der Waals surface area (Å²) >= 11 is 0. The number of rotatable bonds is 7. The molecule has 0 radical (unpaired) electrons. The maximum absolute atomic E-state index is 11.1. The zero-order chi connectivity index (χ0) is 25.9. The fourth-order valence-corrected chi connectivity index (χ4v) is 4.50. The Hall–Kier alpha value is -4.87. The zero-order valence-corrected chi connectivity index (χ0v) is 21.5. The van der Waals surface area contributed by atoms with Gasteiger partial charge in [0, 0.05) is 11.1 Å². The van der Waals surface area contributed by atoms with Crippen LogP contribution in [0.1, 0.15) is 43.2 Å². The summed E-state index contributed by atoms with van der Waals surface area (Å²) in [6.45, 7) is 0. The molecule has 0 saturated carbocycles. The first kappa shape index (κ1) is 25.8. The molecule has 4 heterocycles. The molecule has 4 aromatic rings. The fourth-order valence-electron chi connectivity index (χ4n) is 4.50. The molecule has 0 aliphatic carbocycles. The fraction of sp³-hybridized carbons (Fsp3) is 0. The second-order valence-electron chi connectivity index (χ2n) is 8.71. The SMILES string of the molecule is O=Cc1ccc(/C(=C2\C=C[C+]([C+]3C=C/C(=C(\c4ccc(C=O)cc4)c4ccc[n-]4)[N-]3)[N-]2)c2ccc[n-]2)cc1.[Ni+2]. The molecule has 6 nitrogen and oxygen atoms in total. The third kappa shape index (κ3) is 5.13. The van der Waals surface area contributed by atoms with E-state index in [1.54, 1.807) is 36.7 Å². The van der Waals surface area contributed by atoms with Gasteiger partial charge < -0.3 is 20.6 Å². The van der Waals surface area contributed by atoms with Gasteiger partial charge in [0.2, 0.25) is 0 Å². The number of benzene rings is 2. The van der Waals surface area contributed by atoms with Crippen molar-refractivity contribution >= 4 is 23.7 Å². The number of hydrogen-bond acceptors (Lipinski definition) is 2. The maximum atomic E-state index is 11.1. The quantitative estimate of drug-likeness (QED) is 0.151. The molecular weight excluding hydrogens is 531 g/mol. The minimum atomic E-state index is 0. The Morgan fingerprint density at radius 2 is 1.00 bits per heavy atom. The monoisotopic (exact) mass is 550 g/mol. The van der Waals surface area contributed by atoms with E-state index in [0.717, 1.165) is 69.7 Å².